The van der Waals surface area contributed by atoms with Gasteiger partial charge in [0.15, 0.2) is 0 Å². The van der Waals surface area contributed by atoms with Gasteiger partial charge in [0.1, 0.15) is 22.3 Å². The lowest BCUT2D eigenvalue weighted by atomic mass is 9.95. The number of hydrogen-bond acceptors (Lipinski definition) is 3. The molecule has 3 heteroatoms. The van der Waals surface area contributed by atoms with Gasteiger partial charge in [-0.25, -0.2) is 0 Å². The van der Waals surface area contributed by atoms with Crippen LogP contribution in [0.1, 0.15) is 0 Å². The molecule has 0 saturated carbocycles. The van der Waals surface area contributed by atoms with Crippen molar-refractivity contribution in [3.8, 4) is 44.5 Å². The summed E-state index contributed by atoms with van der Waals surface area (Å²) in [6.07, 6.45) is 0. The average Bonchev–Trinajstić information content (AvgIpc) is 3.85. The van der Waals surface area contributed by atoms with Crippen LogP contribution in [0.4, 0.5) is 17.1 Å². The number of hydrogen-bond donors (Lipinski definition) is 0. The molecular weight excluding hydrogens is 695 g/mol. The summed E-state index contributed by atoms with van der Waals surface area (Å²) in [6.45, 7) is 0. The van der Waals surface area contributed by atoms with E-state index in [1.165, 1.54) is 33.4 Å². The van der Waals surface area contributed by atoms with Crippen molar-refractivity contribution in [3.63, 3.8) is 0 Å². The first-order valence-corrected chi connectivity index (χ1v) is 19.3. The highest BCUT2D eigenvalue weighted by Gasteiger charge is 2.22. The molecule has 0 fully saturated rings. The van der Waals surface area contributed by atoms with Crippen LogP contribution in [-0.2, 0) is 0 Å². The second-order valence-electron chi connectivity index (χ2n) is 14.5. The first-order valence-electron chi connectivity index (χ1n) is 19.3. The van der Waals surface area contributed by atoms with Crippen molar-refractivity contribution in [2.75, 3.05) is 4.90 Å². The predicted molar refractivity (Wildman–Crippen MR) is 237 cm³/mol. The highest BCUT2D eigenvalue weighted by Crippen LogP contribution is 2.47. The normalized spacial score (nSPS) is 11.5. The molecule has 0 radical (unpaired) electrons. The number of furan rings is 2. The van der Waals surface area contributed by atoms with Gasteiger partial charge >= 0.3 is 0 Å². The fourth-order valence-corrected chi connectivity index (χ4v) is 8.29. The zero-order chi connectivity index (χ0) is 37.7. The van der Waals surface area contributed by atoms with Crippen LogP contribution in [0.3, 0.4) is 0 Å². The minimum Gasteiger partial charge on any atom is -0.456 e. The number of para-hydroxylation sites is 1. The summed E-state index contributed by atoms with van der Waals surface area (Å²) in [5.74, 6) is 0. The lowest BCUT2D eigenvalue weighted by Gasteiger charge is -2.26. The summed E-state index contributed by atoms with van der Waals surface area (Å²) in [5.41, 5.74) is 15.7. The van der Waals surface area contributed by atoms with Gasteiger partial charge in [-0.15, -0.1) is 0 Å². The minimum absolute atomic E-state index is 0.826. The first kappa shape index (κ1) is 32.8. The van der Waals surface area contributed by atoms with E-state index in [9.17, 15) is 0 Å². The van der Waals surface area contributed by atoms with E-state index in [2.05, 4.69) is 205 Å². The fraction of sp³-hybridized carbons (Fsp3) is 0. The van der Waals surface area contributed by atoms with Crippen LogP contribution < -0.4 is 4.90 Å². The molecule has 11 rings (SSSR count). The molecule has 0 N–H and O–H groups in total. The minimum atomic E-state index is 0.826. The Balaban J connectivity index is 1.09. The largest absolute Gasteiger partial charge is 0.456 e. The van der Waals surface area contributed by atoms with Crippen LogP contribution in [0.2, 0.25) is 0 Å². The highest BCUT2D eigenvalue weighted by atomic mass is 16.3. The average molecular weight is 730 g/mol. The lowest BCUT2D eigenvalue weighted by molar-refractivity contribution is 0.664. The van der Waals surface area contributed by atoms with E-state index < -0.39 is 0 Å². The first-order chi connectivity index (χ1) is 28.2. The Hall–Kier alpha value is -7.62. The molecule has 9 aromatic carbocycles. The van der Waals surface area contributed by atoms with Crippen molar-refractivity contribution in [2.45, 2.75) is 0 Å². The number of anilines is 3. The van der Waals surface area contributed by atoms with Gasteiger partial charge in [0.05, 0.1) is 0 Å². The smallest absolute Gasteiger partial charge is 0.144 e. The van der Waals surface area contributed by atoms with Crippen molar-refractivity contribution >= 4 is 60.9 Å². The molecule has 2 heterocycles. The molecule has 268 valence electrons. The van der Waals surface area contributed by atoms with Gasteiger partial charge in [-0.1, -0.05) is 158 Å². The maximum Gasteiger partial charge on any atom is 0.144 e. The Morgan fingerprint density at radius 3 is 1.28 bits per heavy atom. The maximum atomic E-state index is 6.89. The van der Waals surface area contributed by atoms with Crippen LogP contribution in [-0.4, -0.2) is 0 Å². The van der Waals surface area contributed by atoms with E-state index in [-0.39, 0.29) is 0 Å². The van der Waals surface area contributed by atoms with Gasteiger partial charge < -0.3 is 13.7 Å². The van der Waals surface area contributed by atoms with Crippen molar-refractivity contribution < 1.29 is 8.83 Å². The molecule has 0 atom stereocenters. The van der Waals surface area contributed by atoms with E-state index in [4.69, 9.17) is 8.83 Å². The standard InChI is InChI=1S/C54H35NO2/c1-4-12-36(13-5-1)39-20-22-42(23-21-39)52-53-46-18-10-11-19-49(46)56-51(53)35-48-47-34-45(32-33-50(47)57-54(48)52)55(43-28-24-40(25-29-43)37-14-6-2-7-15-37)44-30-26-41(27-31-44)38-16-8-3-9-17-38/h1-35H. The molecule has 11 aromatic rings. The van der Waals surface area contributed by atoms with E-state index >= 15 is 0 Å². The molecule has 0 aliphatic carbocycles. The van der Waals surface area contributed by atoms with E-state index in [1.807, 2.05) is 12.1 Å². The molecule has 0 aliphatic rings. The lowest BCUT2D eigenvalue weighted by Crippen LogP contribution is -2.09. The third-order valence-electron chi connectivity index (χ3n) is 11.1. The quantitative estimate of drug-likeness (QED) is 0.164. The van der Waals surface area contributed by atoms with Crippen molar-refractivity contribution in [2.24, 2.45) is 0 Å². The highest BCUT2D eigenvalue weighted by molar-refractivity contribution is 6.23. The Morgan fingerprint density at radius 1 is 0.281 bits per heavy atom. The third-order valence-corrected chi connectivity index (χ3v) is 11.1. The van der Waals surface area contributed by atoms with Crippen molar-refractivity contribution in [1.82, 2.24) is 0 Å². The molecule has 0 unspecified atom stereocenters. The number of fused-ring (bicyclic) bond motifs is 6. The van der Waals surface area contributed by atoms with Gasteiger partial charge in [0, 0.05) is 44.2 Å². The summed E-state index contributed by atoms with van der Waals surface area (Å²) in [4.78, 5) is 2.32. The van der Waals surface area contributed by atoms with Gasteiger partial charge in [0.25, 0.3) is 0 Å². The third kappa shape index (κ3) is 5.76. The SMILES string of the molecule is c1ccc(-c2ccc(-c3c4oc5ccc(N(c6ccc(-c7ccccc7)cc6)c6ccc(-c7ccccc7)cc6)cc5c4cc4oc5ccccc5c34)cc2)cc1. The van der Waals surface area contributed by atoms with Gasteiger partial charge in [0.2, 0.25) is 0 Å². The molecule has 0 aliphatic heterocycles. The zero-order valence-electron chi connectivity index (χ0n) is 31.0. The van der Waals surface area contributed by atoms with E-state index in [0.717, 1.165) is 72.1 Å². The van der Waals surface area contributed by atoms with Crippen LogP contribution in [0, 0.1) is 0 Å². The summed E-state index contributed by atoms with van der Waals surface area (Å²) >= 11 is 0. The number of nitrogens with zero attached hydrogens (tertiary/aromatic N) is 1. The monoisotopic (exact) mass is 729 g/mol. The molecule has 0 spiro atoms. The second-order valence-corrected chi connectivity index (χ2v) is 14.5. The van der Waals surface area contributed by atoms with Gasteiger partial charge in [-0.3, -0.25) is 0 Å². The Labute approximate surface area is 330 Å². The molecule has 3 nitrogen and oxygen atoms in total. The van der Waals surface area contributed by atoms with Crippen LogP contribution in [0.15, 0.2) is 221 Å². The van der Waals surface area contributed by atoms with Gasteiger partial charge in [-0.2, -0.15) is 0 Å². The summed E-state index contributed by atoms with van der Waals surface area (Å²) < 4.78 is 13.5. The Kier molecular flexibility index (Phi) is 7.82. The summed E-state index contributed by atoms with van der Waals surface area (Å²) in [5, 5.41) is 4.17. The number of rotatable bonds is 7. The molecule has 0 amide bonds. The van der Waals surface area contributed by atoms with Crippen LogP contribution in [0.25, 0.3) is 88.4 Å². The van der Waals surface area contributed by atoms with Crippen LogP contribution >= 0.6 is 0 Å². The molecule has 2 aromatic heterocycles. The topological polar surface area (TPSA) is 29.5 Å². The van der Waals surface area contributed by atoms with Gasteiger partial charge in [-0.05, 0) is 93.5 Å². The van der Waals surface area contributed by atoms with E-state index in [0.29, 0.717) is 0 Å². The molecule has 0 saturated heterocycles. The summed E-state index contributed by atoms with van der Waals surface area (Å²) in [6, 6.07) is 75.0. The predicted octanol–water partition coefficient (Wildman–Crippen LogP) is 15.6. The molecule has 57 heavy (non-hydrogen) atoms. The molecule has 0 bridgehead atoms. The molecular formula is C54H35NO2. The number of benzene rings is 9. The van der Waals surface area contributed by atoms with Crippen molar-refractivity contribution in [3.05, 3.63) is 212 Å². The Bertz CT molecular complexity index is 3100. The summed E-state index contributed by atoms with van der Waals surface area (Å²) in [7, 11) is 0. The maximum absolute atomic E-state index is 6.89. The fourth-order valence-electron chi connectivity index (χ4n) is 8.29. The second kappa shape index (κ2) is 13.6. The van der Waals surface area contributed by atoms with Crippen molar-refractivity contribution in [1.29, 1.82) is 0 Å². The Morgan fingerprint density at radius 2 is 0.719 bits per heavy atom. The van der Waals surface area contributed by atoms with E-state index in [1.54, 1.807) is 0 Å². The zero-order valence-corrected chi connectivity index (χ0v) is 31.0. The van der Waals surface area contributed by atoms with Crippen LogP contribution in [0.5, 0.6) is 0 Å².